The first-order chi connectivity index (χ1) is 9.28. The molecule has 1 unspecified atom stereocenters. The van der Waals surface area contributed by atoms with Gasteiger partial charge in [-0.1, -0.05) is 6.07 Å². The van der Waals surface area contributed by atoms with Crippen molar-refractivity contribution in [2.45, 2.75) is 25.6 Å². The number of aliphatic hydroxyl groups excluding tert-OH is 2. The Morgan fingerprint density at radius 3 is 2.84 bits per heavy atom. The van der Waals surface area contributed by atoms with Crippen molar-refractivity contribution >= 4 is 11.3 Å². The van der Waals surface area contributed by atoms with E-state index in [1.54, 1.807) is 11.3 Å². The van der Waals surface area contributed by atoms with Gasteiger partial charge < -0.3 is 19.8 Å². The second-order valence-electron chi connectivity index (χ2n) is 5.17. The maximum atomic E-state index is 9.94. The summed E-state index contributed by atoms with van der Waals surface area (Å²) < 4.78 is 5.52. The van der Waals surface area contributed by atoms with E-state index in [2.05, 4.69) is 4.90 Å². The van der Waals surface area contributed by atoms with Gasteiger partial charge in [-0.2, -0.15) is 0 Å². The number of likely N-dealkylation sites (tertiary alicyclic amines) is 1. The Morgan fingerprint density at radius 1 is 1.42 bits per heavy atom. The minimum atomic E-state index is -0.425. The summed E-state index contributed by atoms with van der Waals surface area (Å²) >= 11 is 1.67. The van der Waals surface area contributed by atoms with E-state index in [4.69, 9.17) is 9.84 Å². The summed E-state index contributed by atoms with van der Waals surface area (Å²) in [5.74, 6) is 0.448. The van der Waals surface area contributed by atoms with Gasteiger partial charge in [0.15, 0.2) is 0 Å². The molecule has 19 heavy (non-hydrogen) atoms. The third-order valence-electron chi connectivity index (χ3n) is 3.57. The zero-order valence-corrected chi connectivity index (χ0v) is 12.0. The summed E-state index contributed by atoms with van der Waals surface area (Å²) in [6, 6.07) is 4.04. The lowest BCUT2D eigenvalue weighted by Crippen LogP contribution is -2.40. The second kappa shape index (κ2) is 7.97. The number of rotatable bonds is 7. The molecule has 0 aromatic carbocycles. The van der Waals surface area contributed by atoms with Crippen LogP contribution in [0.2, 0.25) is 0 Å². The van der Waals surface area contributed by atoms with Crippen LogP contribution in [0.1, 0.15) is 17.7 Å². The molecule has 1 saturated heterocycles. The van der Waals surface area contributed by atoms with Crippen molar-refractivity contribution in [2.24, 2.45) is 5.92 Å². The number of aliphatic hydroxyl groups is 2. The van der Waals surface area contributed by atoms with Crippen LogP contribution >= 0.6 is 11.3 Å². The molecule has 0 amide bonds. The number of hydrogen-bond acceptors (Lipinski definition) is 5. The van der Waals surface area contributed by atoms with Crippen LogP contribution in [0.5, 0.6) is 0 Å². The molecule has 1 aromatic rings. The number of β-amino-alcohol motifs (C(OH)–C–C–N with tert-alkyl or cyclic N) is 1. The number of thiophene rings is 1. The summed E-state index contributed by atoms with van der Waals surface area (Å²) in [4.78, 5) is 3.45. The summed E-state index contributed by atoms with van der Waals surface area (Å²) in [5.41, 5.74) is 0. The Kier molecular flexibility index (Phi) is 6.26. The number of hydrogen-bond donors (Lipinski definition) is 2. The van der Waals surface area contributed by atoms with Gasteiger partial charge in [-0.05, 0) is 43.3 Å². The lowest BCUT2D eigenvalue weighted by molar-refractivity contribution is 0.00333. The molecule has 2 heterocycles. The van der Waals surface area contributed by atoms with Crippen molar-refractivity contribution in [1.29, 1.82) is 0 Å². The normalized spacial score (nSPS) is 19.7. The first-order valence-electron chi connectivity index (χ1n) is 6.89. The largest absolute Gasteiger partial charge is 0.396 e. The fourth-order valence-corrected chi connectivity index (χ4v) is 3.03. The Bertz CT molecular complexity index is 336. The van der Waals surface area contributed by atoms with Gasteiger partial charge >= 0.3 is 0 Å². The predicted octanol–water partition coefficient (Wildman–Crippen LogP) is 1.33. The Morgan fingerprint density at radius 2 is 2.21 bits per heavy atom. The van der Waals surface area contributed by atoms with E-state index in [-0.39, 0.29) is 0 Å². The van der Waals surface area contributed by atoms with E-state index >= 15 is 0 Å². The topological polar surface area (TPSA) is 52.9 Å². The van der Waals surface area contributed by atoms with Gasteiger partial charge in [0.1, 0.15) is 0 Å². The van der Waals surface area contributed by atoms with Gasteiger partial charge in [0.05, 0.1) is 19.3 Å². The van der Waals surface area contributed by atoms with E-state index in [1.165, 1.54) is 4.88 Å². The van der Waals surface area contributed by atoms with Crippen LogP contribution < -0.4 is 0 Å². The molecule has 108 valence electrons. The molecule has 1 aliphatic heterocycles. The van der Waals surface area contributed by atoms with Crippen molar-refractivity contribution in [3.8, 4) is 0 Å². The maximum Gasteiger partial charge on any atom is 0.0900 e. The van der Waals surface area contributed by atoms with Gasteiger partial charge in [-0.3, -0.25) is 0 Å². The molecule has 0 saturated carbocycles. The molecule has 2 rings (SSSR count). The zero-order valence-electron chi connectivity index (χ0n) is 11.2. The highest BCUT2D eigenvalue weighted by atomic mass is 32.1. The van der Waals surface area contributed by atoms with Gasteiger partial charge in [0.2, 0.25) is 0 Å². The molecule has 2 N–H and O–H groups in total. The minimum Gasteiger partial charge on any atom is -0.396 e. The minimum absolute atomic E-state index is 0.292. The SMILES string of the molecule is OCC1CCN(CC(O)COCc2cccs2)CC1. The van der Waals surface area contributed by atoms with Crippen molar-refractivity contribution in [3.05, 3.63) is 22.4 Å². The quantitative estimate of drug-likeness (QED) is 0.793. The van der Waals surface area contributed by atoms with Gasteiger partial charge in [-0.15, -0.1) is 11.3 Å². The van der Waals surface area contributed by atoms with Crippen LogP contribution in [-0.4, -0.2) is 54.1 Å². The Labute approximate surface area is 118 Å². The molecule has 1 fully saturated rings. The number of nitrogens with zero attached hydrogens (tertiary/aromatic N) is 1. The lowest BCUT2D eigenvalue weighted by Gasteiger charge is -2.32. The smallest absolute Gasteiger partial charge is 0.0900 e. The van der Waals surface area contributed by atoms with Crippen molar-refractivity contribution < 1.29 is 14.9 Å². The van der Waals surface area contributed by atoms with E-state index < -0.39 is 6.10 Å². The van der Waals surface area contributed by atoms with Crippen LogP contribution in [0.25, 0.3) is 0 Å². The highest BCUT2D eigenvalue weighted by molar-refractivity contribution is 7.09. The summed E-state index contributed by atoms with van der Waals surface area (Å²) in [7, 11) is 0. The van der Waals surface area contributed by atoms with E-state index in [0.29, 0.717) is 32.3 Å². The second-order valence-corrected chi connectivity index (χ2v) is 6.21. The summed E-state index contributed by atoms with van der Waals surface area (Å²) in [5, 5.41) is 21.0. The highest BCUT2D eigenvalue weighted by Gasteiger charge is 2.20. The number of piperidine rings is 1. The van der Waals surface area contributed by atoms with Gasteiger partial charge in [0, 0.05) is 18.0 Å². The molecule has 5 heteroatoms. The van der Waals surface area contributed by atoms with Crippen molar-refractivity contribution in [3.63, 3.8) is 0 Å². The lowest BCUT2D eigenvalue weighted by atomic mass is 9.98. The van der Waals surface area contributed by atoms with Crippen LogP contribution in [0.4, 0.5) is 0 Å². The van der Waals surface area contributed by atoms with Crippen LogP contribution in [0.15, 0.2) is 17.5 Å². The van der Waals surface area contributed by atoms with Gasteiger partial charge in [0.25, 0.3) is 0 Å². The first-order valence-corrected chi connectivity index (χ1v) is 7.77. The molecule has 0 radical (unpaired) electrons. The third-order valence-corrected chi connectivity index (χ3v) is 4.42. The Hall–Kier alpha value is -0.460. The zero-order chi connectivity index (χ0) is 13.5. The molecule has 1 atom stereocenters. The average Bonchev–Trinajstić information content (AvgIpc) is 2.93. The molecule has 1 aliphatic rings. The number of ether oxygens (including phenoxy) is 1. The summed E-state index contributed by atoms with van der Waals surface area (Å²) in [6.07, 6.45) is 1.63. The summed E-state index contributed by atoms with van der Waals surface area (Å²) in [6.45, 7) is 3.86. The molecular formula is C14H23NO3S. The van der Waals surface area contributed by atoms with E-state index in [0.717, 1.165) is 25.9 Å². The van der Waals surface area contributed by atoms with Crippen molar-refractivity contribution in [1.82, 2.24) is 4.90 Å². The molecule has 4 nitrogen and oxygen atoms in total. The first kappa shape index (κ1) is 14.9. The van der Waals surface area contributed by atoms with Crippen molar-refractivity contribution in [2.75, 3.05) is 32.8 Å². The fraction of sp³-hybridized carbons (Fsp3) is 0.714. The fourth-order valence-electron chi connectivity index (χ4n) is 2.39. The molecule has 0 bridgehead atoms. The third kappa shape index (κ3) is 5.20. The predicted molar refractivity (Wildman–Crippen MR) is 76.2 cm³/mol. The van der Waals surface area contributed by atoms with E-state index in [9.17, 15) is 5.11 Å². The van der Waals surface area contributed by atoms with Gasteiger partial charge in [-0.25, -0.2) is 0 Å². The monoisotopic (exact) mass is 285 g/mol. The standard InChI is InChI=1S/C14H23NO3S/c16-9-12-3-5-15(6-4-12)8-13(17)10-18-11-14-2-1-7-19-14/h1-2,7,12-13,16-17H,3-6,8-11H2. The highest BCUT2D eigenvalue weighted by Crippen LogP contribution is 2.16. The maximum absolute atomic E-state index is 9.94. The van der Waals surface area contributed by atoms with Crippen LogP contribution in [0.3, 0.4) is 0 Å². The molecule has 0 spiro atoms. The average molecular weight is 285 g/mol. The Balaban J connectivity index is 1.58. The van der Waals surface area contributed by atoms with E-state index in [1.807, 2.05) is 17.5 Å². The molecule has 0 aliphatic carbocycles. The molecule has 1 aromatic heterocycles. The van der Waals surface area contributed by atoms with Crippen LogP contribution in [-0.2, 0) is 11.3 Å². The molecular weight excluding hydrogens is 262 g/mol. The van der Waals surface area contributed by atoms with Crippen LogP contribution in [0, 0.1) is 5.92 Å².